The Balaban J connectivity index is 1.92. The minimum Gasteiger partial charge on any atom is -0.383 e. The second-order valence-electron chi connectivity index (χ2n) is 7.34. The first-order chi connectivity index (χ1) is 13.1. The fourth-order valence-corrected chi connectivity index (χ4v) is 4.32. The number of rotatable bonds is 5. The van der Waals surface area contributed by atoms with E-state index in [4.69, 9.17) is 4.74 Å². The van der Waals surface area contributed by atoms with Crippen molar-refractivity contribution in [2.45, 2.75) is 25.8 Å². The first-order valence-electron chi connectivity index (χ1n) is 9.54. The number of aryl methyl sites for hydroxylation is 2. The normalized spacial score (nSPS) is 17.2. The van der Waals surface area contributed by atoms with Gasteiger partial charge in [0.2, 0.25) is 5.91 Å². The molecule has 1 aromatic heterocycles. The quantitative estimate of drug-likeness (QED) is 0.671. The van der Waals surface area contributed by atoms with Gasteiger partial charge in [-0.2, -0.15) is 0 Å². The molecule has 2 heterocycles. The van der Waals surface area contributed by atoms with Gasteiger partial charge in [0, 0.05) is 43.6 Å². The van der Waals surface area contributed by atoms with Gasteiger partial charge in [-0.05, 0) is 25.0 Å². The van der Waals surface area contributed by atoms with E-state index in [1.807, 2.05) is 4.90 Å². The molecule has 1 aliphatic rings. The summed E-state index contributed by atoms with van der Waals surface area (Å²) in [5.41, 5.74) is 6.11. The van der Waals surface area contributed by atoms with E-state index < -0.39 is 0 Å². The summed E-state index contributed by atoms with van der Waals surface area (Å²) in [5.74, 6) is 0.222. The lowest BCUT2D eigenvalue weighted by atomic mass is 9.96. The molecule has 4 rings (SSSR count). The summed E-state index contributed by atoms with van der Waals surface area (Å²) in [6, 6.07) is 17.3. The standard InChI is InChI=1S/C23H26N2O2/c1-16-8-10-17(11-9-16)23-22(18-6-4-5-7-19(18)24(23)2)20-12-13-21(26)25(20)14-15-27-3/h4-11,20H,12-15H2,1-3H3/t20-/m1/s1. The summed E-state index contributed by atoms with van der Waals surface area (Å²) in [4.78, 5) is 14.6. The first kappa shape index (κ1) is 17.8. The molecule has 4 heteroatoms. The molecule has 1 aliphatic heterocycles. The predicted molar refractivity (Wildman–Crippen MR) is 109 cm³/mol. The van der Waals surface area contributed by atoms with Crippen molar-refractivity contribution in [2.24, 2.45) is 7.05 Å². The average molecular weight is 362 g/mol. The molecular weight excluding hydrogens is 336 g/mol. The van der Waals surface area contributed by atoms with E-state index in [9.17, 15) is 4.79 Å². The summed E-state index contributed by atoms with van der Waals surface area (Å²) < 4.78 is 7.53. The summed E-state index contributed by atoms with van der Waals surface area (Å²) in [5, 5.41) is 1.23. The van der Waals surface area contributed by atoms with Crippen LogP contribution in [0, 0.1) is 6.92 Å². The van der Waals surface area contributed by atoms with Gasteiger partial charge in [0.1, 0.15) is 0 Å². The molecule has 3 aromatic rings. The number of aromatic nitrogens is 1. The van der Waals surface area contributed by atoms with E-state index in [0.717, 1.165) is 6.42 Å². The van der Waals surface area contributed by atoms with Crippen LogP contribution in [0.2, 0.25) is 0 Å². The number of para-hydroxylation sites is 1. The molecular formula is C23H26N2O2. The van der Waals surface area contributed by atoms with E-state index in [-0.39, 0.29) is 11.9 Å². The van der Waals surface area contributed by atoms with Gasteiger partial charge in [-0.3, -0.25) is 4.79 Å². The van der Waals surface area contributed by atoms with Crippen molar-refractivity contribution < 1.29 is 9.53 Å². The number of ether oxygens (including phenoxy) is 1. The maximum Gasteiger partial charge on any atom is 0.223 e. The Morgan fingerprint density at radius 3 is 2.59 bits per heavy atom. The van der Waals surface area contributed by atoms with Crippen LogP contribution >= 0.6 is 0 Å². The van der Waals surface area contributed by atoms with Crippen LogP contribution in [0.4, 0.5) is 0 Å². The second-order valence-corrected chi connectivity index (χ2v) is 7.34. The van der Waals surface area contributed by atoms with Crippen LogP contribution in [0.25, 0.3) is 22.2 Å². The van der Waals surface area contributed by atoms with E-state index in [2.05, 4.69) is 67.1 Å². The van der Waals surface area contributed by atoms with E-state index in [0.29, 0.717) is 19.6 Å². The molecule has 1 fully saturated rings. The fourth-order valence-electron chi connectivity index (χ4n) is 4.32. The van der Waals surface area contributed by atoms with Gasteiger partial charge in [-0.15, -0.1) is 0 Å². The molecule has 2 aromatic carbocycles. The number of benzene rings is 2. The van der Waals surface area contributed by atoms with Gasteiger partial charge in [-0.1, -0.05) is 48.0 Å². The fraction of sp³-hybridized carbons (Fsp3) is 0.348. The van der Waals surface area contributed by atoms with Crippen molar-refractivity contribution in [3.8, 4) is 11.3 Å². The van der Waals surface area contributed by atoms with E-state index in [1.165, 1.54) is 33.3 Å². The first-order valence-corrected chi connectivity index (χ1v) is 9.54. The van der Waals surface area contributed by atoms with Crippen LogP contribution in [-0.4, -0.2) is 35.6 Å². The number of likely N-dealkylation sites (tertiary alicyclic amines) is 1. The Morgan fingerprint density at radius 1 is 1.11 bits per heavy atom. The molecule has 4 nitrogen and oxygen atoms in total. The average Bonchev–Trinajstić information content (AvgIpc) is 3.18. The highest BCUT2D eigenvalue weighted by Gasteiger charge is 2.35. The van der Waals surface area contributed by atoms with E-state index in [1.54, 1.807) is 7.11 Å². The molecule has 0 saturated carbocycles. The number of hydrogen-bond donors (Lipinski definition) is 0. The molecule has 0 unspecified atom stereocenters. The van der Waals surface area contributed by atoms with Crippen molar-refractivity contribution in [1.82, 2.24) is 9.47 Å². The smallest absolute Gasteiger partial charge is 0.223 e. The van der Waals surface area contributed by atoms with Crippen LogP contribution in [0.1, 0.15) is 30.0 Å². The molecule has 0 radical (unpaired) electrons. The highest BCUT2D eigenvalue weighted by atomic mass is 16.5. The van der Waals surface area contributed by atoms with Gasteiger partial charge in [0.15, 0.2) is 0 Å². The lowest BCUT2D eigenvalue weighted by Gasteiger charge is -2.26. The third-order valence-corrected chi connectivity index (χ3v) is 5.67. The molecule has 0 aliphatic carbocycles. The highest BCUT2D eigenvalue weighted by molar-refractivity contribution is 5.93. The number of amides is 1. The molecule has 0 bridgehead atoms. The highest BCUT2D eigenvalue weighted by Crippen LogP contribution is 2.43. The summed E-state index contributed by atoms with van der Waals surface area (Å²) in [7, 11) is 3.81. The third-order valence-electron chi connectivity index (χ3n) is 5.67. The summed E-state index contributed by atoms with van der Waals surface area (Å²) in [6.45, 7) is 3.30. The van der Waals surface area contributed by atoms with Crippen molar-refractivity contribution in [1.29, 1.82) is 0 Å². The van der Waals surface area contributed by atoms with Gasteiger partial charge in [0.05, 0.1) is 18.3 Å². The third kappa shape index (κ3) is 3.04. The van der Waals surface area contributed by atoms with Crippen molar-refractivity contribution >= 4 is 16.8 Å². The Hall–Kier alpha value is -2.59. The predicted octanol–water partition coefficient (Wildman–Crippen LogP) is 4.46. The van der Waals surface area contributed by atoms with Gasteiger partial charge in [-0.25, -0.2) is 0 Å². The van der Waals surface area contributed by atoms with Crippen LogP contribution in [0.3, 0.4) is 0 Å². The SMILES string of the molecule is COCCN1C(=O)CC[C@@H]1c1c(-c2ccc(C)cc2)n(C)c2ccccc12. The summed E-state index contributed by atoms with van der Waals surface area (Å²) in [6.07, 6.45) is 1.46. The van der Waals surface area contributed by atoms with Crippen molar-refractivity contribution in [3.05, 3.63) is 59.7 Å². The number of carbonyl (C=O) groups excluding carboxylic acids is 1. The topological polar surface area (TPSA) is 34.5 Å². The second kappa shape index (κ2) is 7.20. The van der Waals surface area contributed by atoms with Crippen LogP contribution in [0.5, 0.6) is 0 Å². The number of carbonyl (C=O) groups is 1. The molecule has 0 N–H and O–H groups in total. The lowest BCUT2D eigenvalue weighted by Crippen LogP contribution is -2.31. The van der Waals surface area contributed by atoms with E-state index >= 15 is 0 Å². The largest absolute Gasteiger partial charge is 0.383 e. The molecule has 1 atom stereocenters. The monoisotopic (exact) mass is 362 g/mol. The maximum absolute atomic E-state index is 12.6. The molecule has 140 valence electrons. The minimum absolute atomic E-state index is 0.0926. The zero-order valence-corrected chi connectivity index (χ0v) is 16.2. The number of hydrogen-bond acceptors (Lipinski definition) is 2. The number of fused-ring (bicyclic) bond motifs is 1. The molecule has 27 heavy (non-hydrogen) atoms. The number of methoxy groups -OCH3 is 1. The van der Waals surface area contributed by atoms with Gasteiger partial charge >= 0.3 is 0 Å². The van der Waals surface area contributed by atoms with Crippen LogP contribution in [0.15, 0.2) is 48.5 Å². The van der Waals surface area contributed by atoms with Crippen molar-refractivity contribution in [3.63, 3.8) is 0 Å². The Bertz CT molecular complexity index is 972. The Kier molecular flexibility index (Phi) is 4.75. The molecule has 1 saturated heterocycles. The van der Waals surface area contributed by atoms with Crippen LogP contribution in [-0.2, 0) is 16.6 Å². The lowest BCUT2D eigenvalue weighted by molar-refractivity contribution is -0.129. The van der Waals surface area contributed by atoms with Gasteiger partial charge in [0.25, 0.3) is 0 Å². The Labute approximate surface area is 160 Å². The van der Waals surface area contributed by atoms with Gasteiger partial charge < -0.3 is 14.2 Å². The summed E-state index contributed by atoms with van der Waals surface area (Å²) >= 11 is 0. The molecule has 0 spiro atoms. The van der Waals surface area contributed by atoms with Crippen LogP contribution < -0.4 is 0 Å². The van der Waals surface area contributed by atoms with Crippen molar-refractivity contribution in [2.75, 3.05) is 20.3 Å². The zero-order chi connectivity index (χ0) is 19.0. The number of nitrogens with zero attached hydrogens (tertiary/aromatic N) is 2. The zero-order valence-electron chi connectivity index (χ0n) is 16.2. The maximum atomic E-state index is 12.6. The minimum atomic E-state index is 0.0926. The Morgan fingerprint density at radius 2 is 1.85 bits per heavy atom. The molecule has 1 amide bonds.